The van der Waals surface area contributed by atoms with Crippen molar-refractivity contribution < 1.29 is 52.7 Å². The van der Waals surface area contributed by atoms with Crippen LogP contribution < -0.4 is 15.2 Å². The van der Waals surface area contributed by atoms with Crippen LogP contribution >= 0.6 is 0 Å². The largest absolute Gasteiger partial charge is 0.513 e. The van der Waals surface area contributed by atoms with Crippen molar-refractivity contribution in [1.29, 1.82) is 0 Å². The Morgan fingerprint density at radius 2 is 1.50 bits per heavy atom. The molecule has 0 aromatic heterocycles. The third-order valence-corrected chi connectivity index (χ3v) is 4.62. The van der Waals surface area contributed by atoms with Gasteiger partial charge in [-0.1, -0.05) is 19.4 Å². The zero-order valence-corrected chi connectivity index (χ0v) is 19.8. The summed E-state index contributed by atoms with van der Waals surface area (Å²) in [6, 6.07) is 3.98. The number of hydrogen-bond acceptors (Lipinski definition) is 11. The number of hydrogen-bond donors (Lipinski definition) is 2. The smallest absolute Gasteiger partial charge is 0.480 e. The molecule has 2 unspecified atom stereocenters. The van der Waals surface area contributed by atoms with Gasteiger partial charge in [0.1, 0.15) is 17.7 Å². The molecule has 0 aliphatic heterocycles. The SMILES string of the molecule is CCCC(C)OC(=O)O[C@@H](C)CC(N)(Cc1ccc(OC(=O)OC)c(OC(=O)OC)c1)C(=O)O. The van der Waals surface area contributed by atoms with E-state index in [1.54, 1.807) is 6.92 Å². The highest BCUT2D eigenvalue weighted by Gasteiger charge is 2.37. The molecule has 1 aromatic carbocycles. The van der Waals surface area contributed by atoms with Gasteiger partial charge in [0, 0.05) is 12.8 Å². The summed E-state index contributed by atoms with van der Waals surface area (Å²) in [7, 11) is 2.18. The van der Waals surface area contributed by atoms with Crippen molar-refractivity contribution in [3.05, 3.63) is 23.8 Å². The highest BCUT2D eigenvalue weighted by atomic mass is 16.7. The molecule has 3 N–H and O–H groups in total. The first-order chi connectivity index (χ1) is 15.9. The summed E-state index contributed by atoms with van der Waals surface area (Å²) in [5.74, 6) is -1.74. The van der Waals surface area contributed by atoms with Gasteiger partial charge in [-0.15, -0.1) is 0 Å². The molecule has 12 heteroatoms. The standard InChI is InChI=1S/C22H31NO11/c1-6-7-13(2)31-21(28)32-14(3)11-22(23,18(24)25)12-15-8-9-16(33-19(26)29-4)17(10-15)34-20(27)30-5/h8-10,13-14H,6-7,11-12,23H2,1-5H3,(H,24,25)/t13?,14-,22?/m0/s1. The predicted octanol–water partition coefficient (Wildman–Crippen LogP) is 3.42. The number of ether oxygens (including phenoxy) is 6. The van der Waals surface area contributed by atoms with Crippen LogP contribution in [0.4, 0.5) is 14.4 Å². The Morgan fingerprint density at radius 1 is 0.941 bits per heavy atom. The molecule has 0 bridgehead atoms. The molecule has 190 valence electrons. The average Bonchev–Trinajstić information content (AvgIpc) is 2.74. The lowest BCUT2D eigenvalue weighted by Gasteiger charge is -2.28. The summed E-state index contributed by atoms with van der Waals surface area (Å²) >= 11 is 0. The Bertz CT molecular complexity index is 872. The van der Waals surface area contributed by atoms with Crippen molar-refractivity contribution in [3.8, 4) is 11.5 Å². The Labute approximate surface area is 197 Å². The molecule has 0 fully saturated rings. The van der Waals surface area contributed by atoms with Gasteiger partial charge in [-0.05, 0) is 38.0 Å². The van der Waals surface area contributed by atoms with Gasteiger partial charge in [0.2, 0.25) is 0 Å². The Balaban J connectivity index is 3.04. The number of carbonyl (C=O) groups is 4. The first kappa shape index (κ1) is 28.5. The van der Waals surface area contributed by atoms with Crippen molar-refractivity contribution in [3.63, 3.8) is 0 Å². The summed E-state index contributed by atoms with van der Waals surface area (Å²) in [6.45, 7) is 5.16. The van der Waals surface area contributed by atoms with E-state index in [2.05, 4.69) is 9.47 Å². The van der Waals surface area contributed by atoms with Crippen LogP contribution in [0.2, 0.25) is 0 Å². The molecule has 0 amide bonds. The fourth-order valence-corrected chi connectivity index (χ4v) is 3.07. The molecule has 0 radical (unpaired) electrons. The van der Waals surface area contributed by atoms with Crippen molar-refractivity contribution in [2.45, 2.75) is 64.2 Å². The van der Waals surface area contributed by atoms with E-state index in [-0.39, 0.29) is 30.4 Å². The van der Waals surface area contributed by atoms with E-state index in [1.165, 1.54) is 25.1 Å². The predicted molar refractivity (Wildman–Crippen MR) is 117 cm³/mol. The average molecular weight is 485 g/mol. The summed E-state index contributed by atoms with van der Waals surface area (Å²) < 4.78 is 29.0. The van der Waals surface area contributed by atoms with E-state index in [4.69, 9.17) is 24.7 Å². The molecular weight excluding hydrogens is 454 g/mol. The van der Waals surface area contributed by atoms with E-state index < -0.39 is 36.1 Å². The zero-order chi connectivity index (χ0) is 25.9. The van der Waals surface area contributed by atoms with Crippen LogP contribution in [0.1, 0.15) is 45.6 Å². The van der Waals surface area contributed by atoms with Crippen molar-refractivity contribution >= 4 is 24.4 Å². The van der Waals surface area contributed by atoms with E-state index in [9.17, 15) is 24.3 Å². The quantitative estimate of drug-likeness (QED) is 0.266. The van der Waals surface area contributed by atoms with Crippen LogP contribution in [-0.4, -0.2) is 61.5 Å². The highest BCUT2D eigenvalue weighted by molar-refractivity contribution is 5.79. The van der Waals surface area contributed by atoms with Crippen LogP contribution in [0.5, 0.6) is 11.5 Å². The number of carboxylic acids is 1. The minimum atomic E-state index is -1.86. The second-order valence-electron chi connectivity index (χ2n) is 7.63. The zero-order valence-electron chi connectivity index (χ0n) is 19.8. The second kappa shape index (κ2) is 13.2. The fraction of sp³-hybridized carbons (Fsp3) is 0.545. The molecule has 1 aromatic rings. The monoisotopic (exact) mass is 485 g/mol. The van der Waals surface area contributed by atoms with Crippen LogP contribution in [-0.2, 0) is 30.2 Å². The minimum Gasteiger partial charge on any atom is -0.480 e. The topological polar surface area (TPSA) is 170 Å². The first-order valence-corrected chi connectivity index (χ1v) is 10.5. The highest BCUT2D eigenvalue weighted by Crippen LogP contribution is 2.31. The van der Waals surface area contributed by atoms with Crippen molar-refractivity contribution in [2.24, 2.45) is 5.73 Å². The van der Waals surface area contributed by atoms with Crippen molar-refractivity contribution in [2.75, 3.05) is 14.2 Å². The van der Waals surface area contributed by atoms with Gasteiger partial charge in [0.25, 0.3) is 0 Å². The van der Waals surface area contributed by atoms with E-state index >= 15 is 0 Å². The van der Waals surface area contributed by atoms with E-state index in [1.807, 2.05) is 6.92 Å². The van der Waals surface area contributed by atoms with Gasteiger partial charge >= 0.3 is 24.4 Å². The third-order valence-electron chi connectivity index (χ3n) is 4.62. The van der Waals surface area contributed by atoms with E-state index in [0.717, 1.165) is 20.6 Å². The maximum Gasteiger partial charge on any atom is 0.513 e. The third kappa shape index (κ3) is 9.14. The van der Waals surface area contributed by atoms with Crippen LogP contribution in [0.25, 0.3) is 0 Å². The normalized spacial score (nSPS) is 14.1. The summed E-state index contributed by atoms with van der Waals surface area (Å²) in [4.78, 5) is 46.9. The number of methoxy groups -OCH3 is 2. The fourth-order valence-electron chi connectivity index (χ4n) is 3.07. The summed E-state index contributed by atoms with van der Waals surface area (Å²) in [6.07, 6.45) is -3.31. The lowest BCUT2D eigenvalue weighted by Crippen LogP contribution is -2.52. The van der Waals surface area contributed by atoms with Gasteiger partial charge in [-0.3, -0.25) is 4.79 Å². The summed E-state index contributed by atoms with van der Waals surface area (Å²) in [5.41, 5.74) is 4.61. The van der Waals surface area contributed by atoms with Gasteiger partial charge in [0.15, 0.2) is 11.5 Å². The van der Waals surface area contributed by atoms with Crippen LogP contribution in [0.3, 0.4) is 0 Å². The molecule has 0 saturated carbocycles. The maximum atomic E-state index is 12.0. The lowest BCUT2D eigenvalue weighted by molar-refractivity contribution is -0.144. The number of benzene rings is 1. The summed E-state index contributed by atoms with van der Waals surface area (Å²) in [5, 5.41) is 9.76. The molecule has 0 aliphatic carbocycles. The molecule has 12 nitrogen and oxygen atoms in total. The molecular formula is C22H31NO11. The molecule has 0 aliphatic rings. The Kier molecular flexibility index (Phi) is 11.1. The Hall–Kier alpha value is -3.54. The van der Waals surface area contributed by atoms with Crippen LogP contribution in [0.15, 0.2) is 18.2 Å². The molecule has 34 heavy (non-hydrogen) atoms. The molecule has 1 rings (SSSR count). The maximum absolute atomic E-state index is 12.0. The van der Waals surface area contributed by atoms with E-state index in [0.29, 0.717) is 12.0 Å². The Morgan fingerprint density at radius 3 is 2.03 bits per heavy atom. The second-order valence-corrected chi connectivity index (χ2v) is 7.63. The molecule has 0 heterocycles. The molecule has 0 saturated heterocycles. The number of aliphatic carboxylic acids is 1. The first-order valence-electron chi connectivity index (χ1n) is 10.5. The van der Waals surface area contributed by atoms with Gasteiger partial charge in [-0.25, -0.2) is 14.4 Å². The van der Waals surface area contributed by atoms with Gasteiger partial charge < -0.3 is 39.3 Å². The number of rotatable bonds is 11. The van der Waals surface area contributed by atoms with Gasteiger partial charge in [-0.2, -0.15) is 0 Å². The minimum absolute atomic E-state index is 0.167. The molecule has 0 spiro atoms. The van der Waals surface area contributed by atoms with Crippen molar-refractivity contribution in [1.82, 2.24) is 0 Å². The number of carboxylic acid groups (broad SMARTS) is 1. The molecule has 3 atom stereocenters. The lowest BCUT2D eigenvalue weighted by atomic mass is 9.86. The number of carbonyl (C=O) groups excluding carboxylic acids is 3. The van der Waals surface area contributed by atoms with Gasteiger partial charge in [0.05, 0.1) is 14.2 Å². The van der Waals surface area contributed by atoms with Crippen LogP contribution in [0, 0.1) is 0 Å². The number of nitrogens with two attached hydrogens (primary N) is 1.